The van der Waals surface area contributed by atoms with Crippen molar-refractivity contribution in [1.29, 1.82) is 0 Å². The molecule has 0 aliphatic heterocycles. The minimum absolute atomic E-state index is 0.0844. The Labute approximate surface area is 134 Å². The van der Waals surface area contributed by atoms with E-state index >= 15 is 0 Å². The number of hydrogen-bond acceptors (Lipinski definition) is 4. The fourth-order valence-electron chi connectivity index (χ4n) is 2.33. The molecular formula is C16H34N4O2. The third-order valence-electron chi connectivity index (χ3n) is 3.80. The third-order valence-corrected chi connectivity index (χ3v) is 3.80. The number of hydrogen-bond donors (Lipinski definition) is 3. The summed E-state index contributed by atoms with van der Waals surface area (Å²) in [6.07, 6.45) is 12.7. The van der Waals surface area contributed by atoms with Crippen LogP contribution < -0.4 is 17.1 Å². The van der Waals surface area contributed by atoms with E-state index in [0.29, 0.717) is 6.54 Å². The Bertz CT molecular complexity index is 298. The highest BCUT2D eigenvalue weighted by Crippen LogP contribution is 2.10. The van der Waals surface area contributed by atoms with Gasteiger partial charge in [-0.1, -0.05) is 64.7 Å². The summed E-state index contributed by atoms with van der Waals surface area (Å²) in [6, 6.07) is 0. The molecule has 0 aromatic heterocycles. The number of nitrogens with two attached hydrogens (primary N) is 2. The number of carbonyl (C=O) groups excluding carboxylic acids is 2. The lowest BCUT2D eigenvalue weighted by Crippen LogP contribution is -2.39. The minimum Gasteiger partial charge on any atom is -0.294 e. The first-order chi connectivity index (χ1) is 10.6. The van der Waals surface area contributed by atoms with Gasteiger partial charge < -0.3 is 0 Å². The predicted molar refractivity (Wildman–Crippen MR) is 89.3 cm³/mol. The summed E-state index contributed by atoms with van der Waals surface area (Å²) >= 11 is 0. The van der Waals surface area contributed by atoms with Gasteiger partial charge in [0.2, 0.25) is 11.8 Å². The minimum atomic E-state index is -0.347. The number of hydrazine groups is 2. The monoisotopic (exact) mass is 314 g/mol. The smallest absolute Gasteiger partial charge is 0.236 e. The van der Waals surface area contributed by atoms with E-state index in [1.165, 1.54) is 56.4 Å². The molecule has 0 saturated heterocycles. The fraction of sp³-hybridized carbons (Fsp3) is 0.875. The lowest BCUT2D eigenvalue weighted by Gasteiger charge is -2.16. The second kappa shape index (κ2) is 14.8. The van der Waals surface area contributed by atoms with Crippen molar-refractivity contribution >= 4 is 11.8 Å². The van der Waals surface area contributed by atoms with Gasteiger partial charge >= 0.3 is 0 Å². The van der Waals surface area contributed by atoms with E-state index < -0.39 is 0 Å². The van der Waals surface area contributed by atoms with Crippen LogP contribution in [0.5, 0.6) is 0 Å². The normalized spacial score (nSPS) is 10.5. The lowest BCUT2D eigenvalue weighted by atomic mass is 10.1. The fourth-order valence-corrected chi connectivity index (χ4v) is 2.33. The van der Waals surface area contributed by atoms with Crippen molar-refractivity contribution in [2.24, 2.45) is 11.7 Å². The van der Waals surface area contributed by atoms with Gasteiger partial charge in [0.25, 0.3) is 0 Å². The van der Waals surface area contributed by atoms with Gasteiger partial charge in [0.05, 0.1) is 0 Å². The van der Waals surface area contributed by atoms with Crippen LogP contribution in [0.1, 0.15) is 84.0 Å². The van der Waals surface area contributed by atoms with Crippen LogP contribution in [0.25, 0.3) is 0 Å². The largest absolute Gasteiger partial charge is 0.294 e. The van der Waals surface area contributed by atoms with Crippen molar-refractivity contribution in [3.63, 3.8) is 0 Å². The van der Waals surface area contributed by atoms with E-state index in [0.717, 1.165) is 12.8 Å². The summed E-state index contributed by atoms with van der Waals surface area (Å²) in [5, 5.41) is 1.22. The molecule has 5 N–H and O–H groups in total. The van der Waals surface area contributed by atoms with Gasteiger partial charge in [-0.3, -0.25) is 20.0 Å². The van der Waals surface area contributed by atoms with Crippen LogP contribution in [-0.2, 0) is 9.59 Å². The Morgan fingerprint density at radius 2 is 1.36 bits per heavy atom. The van der Waals surface area contributed by atoms with Crippen molar-refractivity contribution in [1.82, 2.24) is 10.4 Å². The number of rotatable bonds is 14. The second-order valence-electron chi connectivity index (χ2n) is 5.84. The molecule has 0 fully saturated rings. The highest BCUT2D eigenvalue weighted by molar-refractivity contribution is 5.83. The Kier molecular flexibility index (Phi) is 14.0. The van der Waals surface area contributed by atoms with Crippen LogP contribution in [0, 0.1) is 0 Å². The van der Waals surface area contributed by atoms with Gasteiger partial charge in [0.1, 0.15) is 0 Å². The van der Waals surface area contributed by atoms with Crippen LogP contribution in [0.2, 0.25) is 0 Å². The van der Waals surface area contributed by atoms with E-state index in [2.05, 4.69) is 6.92 Å². The molecule has 6 nitrogen and oxygen atoms in total. The quantitative estimate of drug-likeness (QED) is 0.198. The van der Waals surface area contributed by atoms with Gasteiger partial charge in [-0.2, -0.15) is 0 Å². The molecule has 0 aliphatic rings. The Morgan fingerprint density at radius 1 is 0.864 bits per heavy atom. The zero-order valence-corrected chi connectivity index (χ0v) is 14.1. The van der Waals surface area contributed by atoms with Crippen LogP contribution in [0.15, 0.2) is 0 Å². The number of carbonyl (C=O) groups is 2. The highest BCUT2D eigenvalue weighted by Gasteiger charge is 2.10. The van der Waals surface area contributed by atoms with Crippen LogP contribution in [0.4, 0.5) is 0 Å². The van der Waals surface area contributed by atoms with Gasteiger partial charge in [-0.05, 0) is 6.42 Å². The van der Waals surface area contributed by atoms with E-state index in [4.69, 9.17) is 11.7 Å². The maximum absolute atomic E-state index is 11.6. The van der Waals surface area contributed by atoms with Crippen LogP contribution >= 0.6 is 0 Å². The number of amides is 2. The zero-order chi connectivity index (χ0) is 16.6. The highest BCUT2D eigenvalue weighted by atomic mass is 16.2. The molecule has 0 rings (SSSR count). The van der Waals surface area contributed by atoms with Crippen molar-refractivity contribution < 1.29 is 9.59 Å². The maximum atomic E-state index is 11.6. The summed E-state index contributed by atoms with van der Waals surface area (Å²) in [7, 11) is 0. The lowest BCUT2D eigenvalue weighted by molar-refractivity contribution is -0.134. The maximum Gasteiger partial charge on any atom is 0.236 e. The molecule has 0 heterocycles. The van der Waals surface area contributed by atoms with Gasteiger partial charge in [-0.15, -0.1) is 0 Å². The average molecular weight is 314 g/mol. The zero-order valence-electron chi connectivity index (χ0n) is 14.1. The van der Waals surface area contributed by atoms with Crippen molar-refractivity contribution in [2.75, 3.05) is 6.54 Å². The first-order valence-corrected chi connectivity index (χ1v) is 8.66. The van der Waals surface area contributed by atoms with E-state index in [1.807, 2.05) is 5.43 Å². The molecule has 0 radical (unpaired) electrons. The third kappa shape index (κ3) is 12.6. The van der Waals surface area contributed by atoms with E-state index in [-0.39, 0.29) is 24.7 Å². The SMILES string of the molecule is CCCCCCCCCCCCN(N)C(=O)CCC(=O)NN. The van der Waals surface area contributed by atoms with Crippen molar-refractivity contribution in [2.45, 2.75) is 84.0 Å². The van der Waals surface area contributed by atoms with Gasteiger partial charge in [-0.25, -0.2) is 11.7 Å². The number of nitrogens with zero attached hydrogens (tertiary/aromatic N) is 1. The molecule has 0 unspecified atom stereocenters. The summed E-state index contributed by atoms with van der Waals surface area (Å²) < 4.78 is 0. The second-order valence-corrected chi connectivity index (χ2v) is 5.84. The Balaban J connectivity index is 3.39. The Morgan fingerprint density at radius 3 is 1.86 bits per heavy atom. The summed E-state index contributed by atoms with van der Waals surface area (Å²) in [5.74, 6) is 10.1. The molecule has 22 heavy (non-hydrogen) atoms. The van der Waals surface area contributed by atoms with E-state index in [1.54, 1.807) is 0 Å². The molecule has 6 heteroatoms. The molecule has 0 bridgehead atoms. The van der Waals surface area contributed by atoms with Crippen molar-refractivity contribution in [3.8, 4) is 0 Å². The molecule has 0 aromatic carbocycles. The Hall–Kier alpha value is -1.14. The first kappa shape index (κ1) is 20.9. The van der Waals surface area contributed by atoms with E-state index in [9.17, 15) is 9.59 Å². The first-order valence-electron chi connectivity index (χ1n) is 8.66. The average Bonchev–Trinajstić information content (AvgIpc) is 2.53. The molecular weight excluding hydrogens is 280 g/mol. The molecule has 2 amide bonds. The molecule has 0 aliphatic carbocycles. The van der Waals surface area contributed by atoms with Gasteiger partial charge in [0, 0.05) is 19.4 Å². The number of nitrogens with one attached hydrogen (secondary N) is 1. The molecule has 0 saturated carbocycles. The standard InChI is InChI=1S/C16H34N4O2/c1-2-3-4-5-6-7-8-9-10-11-14-20(18)16(22)13-12-15(21)19-17/h2-14,17-18H2,1H3,(H,19,21). The van der Waals surface area contributed by atoms with Crippen LogP contribution in [0.3, 0.4) is 0 Å². The number of unbranched alkanes of at least 4 members (excludes halogenated alkanes) is 9. The molecule has 130 valence electrons. The molecule has 0 atom stereocenters. The predicted octanol–water partition coefficient (Wildman–Crippen LogP) is 2.38. The summed E-state index contributed by atoms with van der Waals surface area (Å²) in [4.78, 5) is 22.6. The van der Waals surface area contributed by atoms with Crippen molar-refractivity contribution in [3.05, 3.63) is 0 Å². The summed E-state index contributed by atoms with van der Waals surface area (Å²) in [5.41, 5.74) is 2.00. The topological polar surface area (TPSA) is 101 Å². The molecule has 0 spiro atoms. The van der Waals surface area contributed by atoms with Crippen LogP contribution in [-0.4, -0.2) is 23.4 Å². The summed E-state index contributed by atoms with van der Waals surface area (Å²) in [6.45, 7) is 2.79. The molecule has 0 aromatic rings. The van der Waals surface area contributed by atoms with Gasteiger partial charge in [0.15, 0.2) is 0 Å².